The lowest BCUT2D eigenvalue weighted by Gasteiger charge is -2.23. The van der Waals surface area contributed by atoms with E-state index in [0.29, 0.717) is 13.2 Å². The van der Waals surface area contributed by atoms with E-state index < -0.39 is 18.0 Å². The number of aliphatic carboxylic acids is 1. The Morgan fingerprint density at radius 1 is 1.12 bits per heavy atom. The lowest BCUT2D eigenvalue weighted by atomic mass is 10.0. The molecule has 1 aliphatic rings. The highest BCUT2D eigenvalue weighted by Crippen LogP contribution is 2.21. The number of nitrogens with one attached hydrogen (secondary N) is 1. The summed E-state index contributed by atoms with van der Waals surface area (Å²) in [6.07, 6.45) is 1.91. The Balaban J connectivity index is 1.60. The van der Waals surface area contributed by atoms with E-state index in [-0.39, 0.29) is 19.4 Å². The minimum atomic E-state index is -1.02. The average molecular weight is 473 g/mol. The van der Waals surface area contributed by atoms with Crippen LogP contribution in [0.3, 0.4) is 0 Å². The van der Waals surface area contributed by atoms with Crippen molar-refractivity contribution in [2.75, 3.05) is 25.7 Å². The van der Waals surface area contributed by atoms with Gasteiger partial charge in [0.25, 0.3) is 0 Å². The van der Waals surface area contributed by atoms with Gasteiger partial charge in [-0.3, -0.25) is 14.5 Å². The van der Waals surface area contributed by atoms with Crippen LogP contribution in [0.2, 0.25) is 0 Å². The van der Waals surface area contributed by atoms with Crippen LogP contribution in [0.1, 0.15) is 36.5 Å². The summed E-state index contributed by atoms with van der Waals surface area (Å²) in [6.45, 7) is 3.58. The SMILES string of the molecule is CCc1cccc(CCc2ccccc2OCC(CN2CNSC2)OC(=O)CCC(=O)O)c1. The van der Waals surface area contributed by atoms with Crippen LogP contribution < -0.4 is 9.46 Å². The van der Waals surface area contributed by atoms with Crippen molar-refractivity contribution in [1.82, 2.24) is 9.62 Å². The average Bonchev–Trinajstić information content (AvgIpc) is 3.33. The maximum Gasteiger partial charge on any atom is 0.306 e. The fraction of sp³-hybridized carbons (Fsp3) is 0.440. The molecule has 0 bridgehead atoms. The number of esters is 1. The van der Waals surface area contributed by atoms with Crippen LogP contribution in [0.4, 0.5) is 0 Å². The number of carbonyl (C=O) groups excluding carboxylic acids is 1. The minimum Gasteiger partial charge on any atom is -0.489 e. The van der Waals surface area contributed by atoms with Crippen molar-refractivity contribution in [3.8, 4) is 5.75 Å². The molecule has 178 valence electrons. The van der Waals surface area contributed by atoms with Crippen molar-refractivity contribution in [3.05, 3.63) is 65.2 Å². The summed E-state index contributed by atoms with van der Waals surface area (Å²) in [4.78, 5) is 25.0. The van der Waals surface area contributed by atoms with Crippen LogP contribution in [-0.2, 0) is 33.6 Å². The number of carboxylic acids is 1. The van der Waals surface area contributed by atoms with Crippen molar-refractivity contribution in [2.45, 2.75) is 45.1 Å². The van der Waals surface area contributed by atoms with Gasteiger partial charge in [0.1, 0.15) is 18.5 Å². The van der Waals surface area contributed by atoms with Gasteiger partial charge < -0.3 is 14.6 Å². The van der Waals surface area contributed by atoms with Crippen LogP contribution >= 0.6 is 11.9 Å². The van der Waals surface area contributed by atoms with Gasteiger partial charge in [0, 0.05) is 6.54 Å². The third-order valence-corrected chi connectivity index (χ3v) is 6.25. The molecule has 2 aromatic rings. The molecule has 1 atom stereocenters. The second-order valence-corrected chi connectivity index (χ2v) is 8.86. The quantitative estimate of drug-likeness (QED) is 0.337. The van der Waals surface area contributed by atoms with Gasteiger partial charge in [-0.05, 0) is 42.0 Å². The van der Waals surface area contributed by atoms with Gasteiger partial charge in [-0.25, -0.2) is 4.72 Å². The largest absolute Gasteiger partial charge is 0.489 e. The van der Waals surface area contributed by atoms with Crippen LogP contribution in [0.5, 0.6) is 5.75 Å². The van der Waals surface area contributed by atoms with Crippen LogP contribution in [0, 0.1) is 0 Å². The van der Waals surface area contributed by atoms with E-state index in [2.05, 4.69) is 46.9 Å². The van der Waals surface area contributed by atoms with E-state index in [0.717, 1.165) is 36.5 Å². The Morgan fingerprint density at radius 2 is 1.94 bits per heavy atom. The van der Waals surface area contributed by atoms with Crippen molar-refractivity contribution >= 4 is 23.9 Å². The number of hydrogen-bond acceptors (Lipinski definition) is 7. The van der Waals surface area contributed by atoms with E-state index in [1.165, 1.54) is 11.1 Å². The fourth-order valence-corrected chi connectivity index (χ4v) is 4.36. The third-order valence-electron chi connectivity index (χ3n) is 5.42. The highest BCUT2D eigenvalue weighted by atomic mass is 32.2. The summed E-state index contributed by atoms with van der Waals surface area (Å²) in [5, 5.41) is 8.82. The first-order chi connectivity index (χ1) is 16.0. The van der Waals surface area contributed by atoms with E-state index in [1.807, 2.05) is 18.2 Å². The predicted molar refractivity (Wildman–Crippen MR) is 129 cm³/mol. The first-order valence-corrected chi connectivity index (χ1v) is 12.3. The second kappa shape index (κ2) is 13.2. The molecular weight excluding hydrogens is 440 g/mol. The molecule has 33 heavy (non-hydrogen) atoms. The summed E-state index contributed by atoms with van der Waals surface area (Å²) in [5.41, 5.74) is 3.74. The van der Waals surface area contributed by atoms with E-state index in [9.17, 15) is 9.59 Å². The molecule has 1 aliphatic heterocycles. The predicted octanol–water partition coefficient (Wildman–Crippen LogP) is 3.66. The number of aryl methyl sites for hydroxylation is 3. The van der Waals surface area contributed by atoms with Crippen molar-refractivity contribution < 1.29 is 24.2 Å². The van der Waals surface area contributed by atoms with Crippen LogP contribution in [0.15, 0.2) is 48.5 Å². The van der Waals surface area contributed by atoms with Crippen LogP contribution in [-0.4, -0.2) is 53.7 Å². The highest BCUT2D eigenvalue weighted by Gasteiger charge is 2.22. The van der Waals surface area contributed by atoms with E-state index >= 15 is 0 Å². The molecule has 2 N–H and O–H groups in total. The molecule has 8 heteroatoms. The number of nitrogens with zero attached hydrogens (tertiary/aromatic N) is 1. The first-order valence-electron chi connectivity index (χ1n) is 11.3. The molecule has 1 fully saturated rings. The number of carbonyl (C=O) groups is 2. The summed E-state index contributed by atoms with van der Waals surface area (Å²) < 4.78 is 14.9. The highest BCUT2D eigenvalue weighted by molar-refractivity contribution is 7.97. The fourth-order valence-electron chi connectivity index (χ4n) is 3.62. The molecule has 2 aromatic carbocycles. The topological polar surface area (TPSA) is 88.1 Å². The minimum absolute atomic E-state index is 0.147. The standard InChI is InChI=1S/C25H32N2O5S/c1-2-19-6-5-7-20(14-19)10-11-21-8-3-4-9-23(21)31-16-22(15-27-17-26-33-18-27)32-25(30)13-12-24(28)29/h3-9,14,22,26H,2,10-13,15-18H2,1H3,(H,28,29). The zero-order valence-electron chi connectivity index (χ0n) is 19.0. The summed E-state index contributed by atoms with van der Waals surface area (Å²) in [7, 11) is 0. The van der Waals surface area contributed by atoms with Gasteiger partial charge in [-0.2, -0.15) is 0 Å². The number of hydrogen-bond donors (Lipinski definition) is 2. The first kappa shape index (κ1) is 25.1. The van der Waals surface area contributed by atoms with Gasteiger partial charge in [0.15, 0.2) is 0 Å². The number of rotatable bonds is 13. The van der Waals surface area contributed by atoms with Gasteiger partial charge in [0.05, 0.1) is 25.4 Å². The molecular formula is C25H32N2O5S. The number of carboxylic acid groups (broad SMARTS) is 1. The summed E-state index contributed by atoms with van der Waals surface area (Å²) in [5.74, 6) is 0.0363. The smallest absolute Gasteiger partial charge is 0.306 e. The second-order valence-electron chi connectivity index (χ2n) is 8.03. The normalized spacial score (nSPS) is 14.7. The Morgan fingerprint density at radius 3 is 2.70 bits per heavy atom. The lowest BCUT2D eigenvalue weighted by molar-refractivity contribution is -0.154. The summed E-state index contributed by atoms with van der Waals surface area (Å²) in [6, 6.07) is 16.6. The molecule has 1 saturated heterocycles. The zero-order chi connectivity index (χ0) is 23.5. The van der Waals surface area contributed by atoms with Crippen molar-refractivity contribution in [1.29, 1.82) is 0 Å². The molecule has 0 aromatic heterocycles. The molecule has 0 aliphatic carbocycles. The maximum absolute atomic E-state index is 12.1. The van der Waals surface area contributed by atoms with Gasteiger partial charge in [0.2, 0.25) is 0 Å². The number of para-hydroxylation sites is 1. The van der Waals surface area contributed by atoms with Gasteiger partial charge in [-0.15, -0.1) is 0 Å². The number of benzene rings is 2. The molecule has 1 heterocycles. The van der Waals surface area contributed by atoms with Crippen molar-refractivity contribution in [3.63, 3.8) is 0 Å². The Bertz CT molecular complexity index is 917. The monoisotopic (exact) mass is 472 g/mol. The third kappa shape index (κ3) is 8.72. The van der Waals surface area contributed by atoms with Crippen LogP contribution in [0.25, 0.3) is 0 Å². The molecule has 0 saturated carbocycles. The Hall–Kier alpha value is -2.55. The van der Waals surface area contributed by atoms with Gasteiger partial charge >= 0.3 is 11.9 Å². The molecule has 0 radical (unpaired) electrons. The molecule has 1 unspecified atom stereocenters. The van der Waals surface area contributed by atoms with E-state index in [4.69, 9.17) is 14.6 Å². The molecule has 0 spiro atoms. The van der Waals surface area contributed by atoms with E-state index in [1.54, 1.807) is 11.9 Å². The zero-order valence-corrected chi connectivity index (χ0v) is 19.8. The molecule has 0 amide bonds. The maximum atomic E-state index is 12.1. The molecule has 3 rings (SSSR count). The lowest BCUT2D eigenvalue weighted by Crippen LogP contribution is -2.38. The van der Waals surface area contributed by atoms with Crippen molar-refractivity contribution in [2.24, 2.45) is 0 Å². The Kier molecular flexibility index (Phi) is 10.1. The van der Waals surface area contributed by atoms with Gasteiger partial charge in [-0.1, -0.05) is 61.3 Å². The summed E-state index contributed by atoms with van der Waals surface area (Å²) >= 11 is 1.60. The number of ether oxygens (including phenoxy) is 2. The Labute approximate surface area is 199 Å². The molecule has 7 nitrogen and oxygen atoms in total.